The number of phenols is 1. The van der Waals surface area contributed by atoms with Crippen molar-refractivity contribution in [3.05, 3.63) is 75.8 Å². The van der Waals surface area contributed by atoms with Crippen molar-refractivity contribution in [1.82, 2.24) is 0 Å². The maximum absolute atomic E-state index is 13.3. The second kappa shape index (κ2) is 9.72. The lowest BCUT2D eigenvalue weighted by atomic mass is 9.81. The molecule has 0 aliphatic heterocycles. The zero-order valence-corrected chi connectivity index (χ0v) is 21.7. The van der Waals surface area contributed by atoms with Crippen LogP contribution in [0.5, 0.6) is 5.75 Å². The van der Waals surface area contributed by atoms with Crippen LogP contribution in [0.15, 0.2) is 53.4 Å². The van der Waals surface area contributed by atoms with Crippen LogP contribution >= 0.6 is 11.6 Å². The quantitative estimate of drug-likeness (QED) is 0.374. The number of phenolic OH excluding ortho intramolecular Hbond substituents is 1. The van der Waals surface area contributed by atoms with Crippen LogP contribution in [0.1, 0.15) is 47.8 Å². The van der Waals surface area contributed by atoms with E-state index >= 15 is 0 Å². The molecule has 6 nitrogen and oxygen atoms in total. The molecule has 0 aliphatic rings. The van der Waals surface area contributed by atoms with E-state index in [4.69, 9.17) is 16.9 Å². The van der Waals surface area contributed by atoms with E-state index in [1.54, 1.807) is 37.3 Å². The minimum absolute atomic E-state index is 0.0881. The number of sulfone groups is 1. The zero-order valence-electron chi connectivity index (χ0n) is 20.2. The minimum Gasteiger partial charge on any atom is -0.507 e. The normalized spacial score (nSPS) is 12.2. The summed E-state index contributed by atoms with van der Waals surface area (Å²) < 4.78 is 62.0. The highest BCUT2D eigenvalue weighted by Gasteiger charge is 2.47. The molecule has 11 heteroatoms. The number of nitrogens with zero attached hydrogens (tertiary/aromatic N) is 1. The third-order valence-electron chi connectivity index (χ3n) is 5.72. The first-order valence-electron chi connectivity index (χ1n) is 10.8. The number of amides is 1. The summed E-state index contributed by atoms with van der Waals surface area (Å²) in [6.45, 7) is 7.16. The molecule has 0 bridgehead atoms. The standard InChI is InChI=1S/C26H22ClF3N2O4S/c1-14-18(16-7-5-15(13-31)6-8-16)12-19(25(2,3)4)23(33)22(14)24(34)32-21-10-9-17(11-20(21)27)37(35,36)26(28,29)30/h5-12,33H,1-4H3,(H,32,34). The third-order valence-corrected chi connectivity index (χ3v) is 7.52. The highest BCUT2D eigenvalue weighted by molar-refractivity contribution is 7.92. The number of benzene rings is 3. The number of hydrogen-bond donors (Lipinski definition) is 2. The largest absolute Gasteiger partial charge is 0.507 e. The number of carbonyl (C=O) groups is 1. The van der Waals surface area contributed by atoms with Crippen LogP contribution in [-0.4, -0.2) is 24.9 Å². The van der Waals surface area contributed by atoms with E-state index in [0.29, 0.717) is 39.9 Å². The lowest BCUT2D eigenvalue weighted by molar-refractivity contribution is -0.0436. The van der Waals surface area contributed by atoms with Gasteiger partial charge in [0.05, 0.1) is 32.8 Å². The number of carbonyl (C=O) groups excluding carboxylic acids is 1. The Labute approximate surface area is 217 Å². The Morgan fingerprint density at radius 2 is 1.65 bits per heavy atom. The monoisotopic (exact) mass is 550 g/mol. The van der Waals surface area contributed by atoms with Gasteiger partial charge in [0, 0.05) is 5.56 Å². The predicted octanol–water partition coefficient (Wildman–Crippen LogP) is 6.74. The molecule has 0 atom stereocenters. The Hall–Kier alpha value is -3.55. The van der Waals surface area contributed by atoms with Crippen LogP contribution in [0.4, 0.5) is 18.9 Å². The van der Waals surface area contributed by atoms with Crippen molar-refractivity contribution < 1.29 is 31.5 Å². The molecule has 3 aromatic rings. The van der Waals surface area contributed by atoms with Crippen molar-refractivity contribution in [1.29, 1.82) is 5.26 Å². The molecule has 0 heterocycles. The summed E-state index contributed by atoms with van der Waals surface area (Å²) in [5.41, 5.74) is -3.72. The summed E-state index contributed by atoms with van der Waals surface area (Å²) in [6.07, 6.45) is 0. The molecular weight excluding hydrogens is 529 g/mol. The number of anilines is 1. The molecule has 0 spiro atoms. The Bertz CT molecular complexity index is 1540. The highest BCUT2D eigenvalue weighted by atomic mass is 35.5. The summed E-state index contributed by atoms with van der Waals surface area (Å²) in [4.78, 5) is 12.3. The van der Waals surface area contributed by atoms with Gasteiger partial charge >= 0.3 is 5.51 Å². The lowest BCUT2D eigenvalue weighted by Gasteiger charge is -2.25. The van der Waals surface area contributed by atoms with Crippen molar-refractivity contribution in [2.75, 3.05) is 5.32 Å². The van der Waals surface area contributed by atoms with E-state index in [9.17, 15) is 31.5 Å². The molecule has 3 aromatic carbocycles. The minimum atomic E-state index is -5.63. The van der Waals surface area contributed by atoms with Gasteiger partial charge in [0.1, 0.15) is 5.75 Å². The average molecular weight is 551 g/mol. The summed E-state index contributed by atoms with van der Waals surface area (Å²) >= 11 is 6.02. The number of nitriles is 1. The SMILES string of the molecule is Cc1c(-c2ccc(C#N)cc2)cc(C(C)(C)C)c(O)c1C(=O)Nc1ccc(S(=O)(=O)C(F)(F)F)cc1Cl. The molecule has 0 saturated heterocycles. The van der Waals surface area contributed by atoms with E-state index in [1.165, 1.54) is 0 Å². The van der Waals surface area contributed by atoms with Gasteiger partial charge in [0.15, 0.2) is 0 Å². The summed E-state index contributed by atoms with van der Waals surface area (Å²) in [5, 5.41) is 22.2. The maximum Gasteiger partial charge on any atom is 0.501 e. The van der Waals surface area contributed by atoms with Crippen molar-refractivity contribution >= 4 is 33.0 Å². The number of alkyl halides is 3. The number of aromatic hydroxyl groups is 1. The van der Waals surface area contributed by atoms with Crippen LogP contribution < -0.4 is 5.32 Å². The van der Waals surface area contributed by atoms with E-state index in [2.05, 4.69) is 5.32 Å². The van der Waals surface area contributed by atoms with Crippen molar-refractivity contribution in [3.8, 4) is 22.9 Å². The topological polar surface area (TPSA) is 107 Å². The lowest BCUT2D eigenvalue weighted by Crippen LogP contribution is -2.23. The zero-order chi connectivity index (χ0) is 27.9. The molecule has 0 fully saturated rings. The van der Waals surface area contributed by atoms with E-state index < -0.39 is 36.6 Å². The number of nitrogens with one attached hydrogen (secondary N) is 1. The molecule has 0 aromatic heterocycles. The number of hydrogen-bond acceptors (Lipinski definition) is 5. The van der Waals surface area contributed by atoms with Crippen LogP contribution in [-0.2, 0) is 15.3 Å². The summed E-state index contributed by atoms with van der Waals surface area (Å²) in [6, 6.07) is 12.7. The Morgan fingerprint density at radius 3 is 2.14 bits per heavy atom. The van der Waals surface area contributed by atoms with Crippen LogP contribution in [0, 0.1) is 18.3 Å². The van der Waals surface area contributed by atoms with E-state index in [1.807, 2.05) is 26.8 Å². The van der Waals surface area contributed by atoms with Gasteiger partial charge in [0.2, 0.25) is 0 Å². The van der Waals surface area contributed by atoms with Gasteiger partial charge in [-0.1, -0.05) is 44.5 Å². The maximum atomic E-state index is 13.3. The fourth-order valence-corrected chi connectivity index (χ4v) is 4.80. The molecule has 194 valence electrons. The van der Waals surface area contributed by atoms with Crippen molar-refractivity contribution in [2.24, 2.45) is 0 Å². The smallest absolute Gasteiger partial charge is 0.501 e. The van der Waals surface area contributed by atoms with Gasteiger partial charge in [-0.25, -0.2) is 8.42 Å². The Balaban J connectivity index is 2.12. The van der Waals surface area contributed by atoms with Gasteiger partial charge in [-0.05, 0) is 65.4 Å². The van der Waals surface area contributed by atoms with Crippen molar-refractivity contribution in [3.63, 3.8) is 0 Å². The molecule has 0 radical (unpaired) electrons. The Kier molecular flexibility index (Phi) is 7.37. The number of halogens is 4. The fraction of sp³-hybridized carbons (Fsp3) is 0.231. The second-order valence-electron chi connectivity index (χ2n) is 9.30. The van der Waals surface area contributed by atoms with Gasteiger partial charge in [-0.3, -0.25) is 4.79 Å². The highest BCUT2D eigenvalue weighted by Crippen LogP contribution is 2.41. The molecule has 0 unspecified atom stereocenters. The average Bonchev–Trinajstić information content (AvgIpc) is 2.79. The molecule has 2 N–H and O–H groups in total. The van der Waals surface area contributed by atoms with Crippen LogP contribution in [0.2, 0.25) is 5.02 Å². The molecule has 0 aliphatic carbocycles. The Morgan fingerprint density at radius 1 is 1.05 bits per heavy atom. The molecular formula is C26H22ClF3N2O4S. The fourth-order valence-electron chi connectivity index (χ4n) is 3.72. The molecule has 37 heavy (non-hydrogen) atoms. The van der Waals surface area contributed by atoms with Crippen LogP contribution in [0.3, 0.4) is 0 Å². The third kappa shape index (κ3) is 5.43. The first-order chi connectivity index (χ1) is 17.0. The summed E-state index contributed by atoms with van der Waals surface area (Å²) in [7, 11) is -5.63. The van der Waals surface area contributed by atoms with Gasteiger partial charge in [-0.2, -0.15) is 18.4 Å². The molecule has 1 amide bonds. The van der Waals surface area contributed by atoms with Gasteiger partial charge < -0.3 is 10.4 Å². The summed E-state index contributed by atoms with van der Waals surface area (Å²) in [5.74, 6) is -1.09. The van der Waals surface area contributed by atoms with Crippen LogP contribution in [0.25, 0.3) is 11.1 Å². The van der Waals surface area contributed by atoms with Gasteiger partial charge in [0.25, 0.3) is 15.7 Å². The first kappa shape index (κ1) is 28.0. The second-order valence-corrected chi connectivity index (χ2v) is 11.7. The molecule has 0 saturated carbocycles. The van der Waals surface area contributed by atoms with E-state index in [-0.39, 0.29) is 17.0 Å². The first-order valence-corrected chi connectivity index (χ1v) is 12.6. The van der Waals surface area contributed by atoms with Crippen molar-refractivity contribution in [2.45, 2.75) is 43.5 Å². The van der Waals surface area contributed by atoms with E-state index in [0.717, 1.165) is 6.07 Å². The molecule has 3 rings (SSSR count). The predicted molar refractivity (Wildman–Crippen MR) is 134 cm³/mol. The van der Waals surface area contributed by atoms with Gasteiger partial charge in [-0.15, -0.1) is 0 Å². The number of rotatable bonds is 4.